The number of amides is 2. The fraction of sp³-hybridized carbons (Fsp3) is 0.500. The molecule has 3 rings (SSSR count). The predicted octanol–water partition coefficient (Wildman–Crippen LogP) is 2.28. The Bertz CT molecular complexity index is 744. The van der Waals surface area contributed by atoms with Crippen LogP contribution in [0.4, 0.5) is 0 Å². The summed E-state index contributed by atoms with van der Waals surface area (Å²) >= 11 is 0. The third kappa shape index (κ3) is 3.00. The number of carbonyl (C=O) groups excluding carboxylic acids is 2. The van der Waals surface area contributed by atoms with E-state index in [-0.39, 0.29) is 23.8 Å². The van der Waals surface area contributed by atoms with Crippen molar-refractivity contribution in [2.75, 3.05) is 20.1 Å². The number of nitrogens with one attached hydrogen (secondary N) is 1. The fourth-order valence-electron chi connectivity index (χ4n) is 3.15. The maximum Gasteiger partial charge on any atom is 0.274 e. The van der Waals surface area contributed by atoms with Gasteiger partial charge in [0.1, 0.15) is 0 Å². The largest absolute Gasteiger partial charge is 0.343 e. The number of benzene rings is 1. The Hall–Kier alpha value is -2.37. The first-order valence-corrected chi connectivity index (χ1v) is 8.48. The molecule has 0 atom stereocenters. The van der Waals surface area contributed by atoms with Crippen molar-refractivity contribution in [3.63, 3.8) is 0 Å². The standard InChI is InChI=1S/C18H24N4O2/c1-12(2)21(3)17(23)13-8-10-22(11-9-13)18(24)16-14-6-4-5-7-15(14)19-20-16/h4-7,12-13H,8-11H2,1-3H3,(H,19,20). The Balaban J connectivity index is 1.66. The highest BCUT2D eigenvalue weighted by molar-refractivity contribution is 6.04. The molecular weight excluding hydrogens is 304 g/mol. The molecule has 6 heteroatoms. The molecule has 0 aliphatic carbocycles. The van der Waals surface area contributed by atoms with Gasteiger partial charge in [-0.1, -0.05) is 18.2 Å². The normalized spacial score (nSPS) is 15.9. The molecule has 0 unspecified atom stereocenters. The lowest BCUT2D eigenvalue weighted by Gasteiger charge is -2.34. The van der Waals surface area contributed by atoms with Crippen LogP contribution in [0.15, 0.2) is 24.3 Å². The summed E-state index contributed by atoms with van der Waals surface area (Å²) in [6.07, 6.45) is 1.42. The van der Waals surface area contributed by atoms with Crippen LogP contribution in [0.2, 0.25) is 0 Å². The molecule has 24 heavy (non-hydrogen) atoms. The Morgan fingerprint density at radius 3 is 2.58 bits per heavy atom. The van der Waals surface area contributed by atoms with Gasteiger partial charge in [0, 0.05) is 37.5 Å². The van der Waals surface area contributed by atoms with Gasteiger partial charge in [0.2, 0.25) is 5.91 Å². The third-order valence-electron chi connectivity index (χ3n) is 4.93. The number of hydrogen-bond donors (Lipinski definition) is 1. The van der Waals surface area contributed by atoms with Gasteiger partial charge in [0.25, 0.3) is 5.91 Å². The number of piperidine rings is 1. The van der Waals surface area contributed by atoms with Gasteiger partial charge in [-0.05, 0) is 32.8 Å². The van der Waals surface area contributed by atoms with Crippen LogP contribution in [0, 0.1) is 5.92 Å². The molecule has 0 radical (unpaired) electrons. The van der Waals surface area contributed by atoms with Gasteiger partial charge in [-0.3, -0.25) is 14.7 Å². The molecule has 128 valence electrons. The van der Waals surface area contributed by atoms with E-state index in [4.69, 9.17) is 0 Å². The number of likely N-dealkylation sites (tertiary alicyclic amines) is 1. The van der Waals surface area contributed by atoms with E-state index in [2.05, 4.69) is 10.2 Å². The summed E-state index contributed by atoms with van der Waals surface area (Å²) in [5, 5.41) is 7.94. The maximum atomic E-state index is 12.7. The first-order chi connectivity index (χ1) is 11.5. The number of para-hydroxylation sites is 1. The minimum absolute atomic E-state index is 0.0115. The summed E-state index contributed by atoms with van der Waals surface area (Å²) in [5.74, 6) is 0.134. The molecule has 1 aromatic heterocycles. The monoisotopic (exact) mass is 328 g/mol. The van der Waals surface area contributed by atoms with Crippen LogP contribution in [0.1, 0.15) is 37.2 Å². The van der Waals surface area contributed by atoms with Crippen LogP contribution in [-0.4, -0.2) is 58.0 Å². The van der Waals surface area contributed by atoms with Crippen LogP contribution in [0.5, 0.6) is 0 Å². The molecule has 2 aromatic rings. The number of hydrogen-bond acceptors (Lipinski definition) is 3. The topological polar surface area (TPSA) is 69.3 Å². The average Bonchev–Trinajstić information content (AvgIpc) is 3.04. The third-order valence-corrected chi connectivity index (χ3v) is 4.93. The second-order valence-corrected chi connectivity index (χ2v) is 6.73. The first-order valence-electron chi connectivity index (χ1n) is 8.48. The average molecular weight is 328 g/mol. The molecule has 0 spiro atoms. The van der Waals surface area contributed by atoms with E-state index in [0.717, 1.165) is 10.9 Å². The summed E-state index contributed by atoms with van der Waals surface area (Å²) < 4.78 is 0. The van der Waals surface area contributed by atoms with Crippen molar-refractivity contribution < 1.29 is 9.59 Å². The number of nitrogens with zero attached hydrogens (tertiary/aromatic N) is 3. The lowest BCUT2D eigenvalue weighted by atomic mass is 9.94. The van der Waals surface area contributed by atoms with Crippen LogP contribution < -0.4 is 0 Å². The SMILES string of the molecule is CC(C)N(C)C(=O)C1CCN(C(=O)c2n[nH]c3ccccc23)CC1. The zero-order valence-corrected chi connectivity index (χ0v) is 14.5. The van der Waals surface area contributed by atoms with E-state index in [1.165, 1.54) is 0 Å². The zero-order chi connectivity index (χ0) is 17.3. The van der Waals surface area contributed by atoms with Crippen molar-refractivity contribution in [1.29, 1.82) is 0 Å². The van der Waals surface area contributed by atoms with Crippen molar-refractivity contribution in [3.8, 4) is 0 Å². The second kappa shape index (κ2) is 6.63. The number of fused-ring (bicyclic) bond motifs is 1. The molecule has 1 aliphatic rings. The van der Waals surface area contributed by atoms with Gasteiger partial charge in [0.05, 0.1) is 5.52 Å². The van der Waals surface area contributed by atoms with Crippen LogP contribution in [-0.2, 0) is 4.79 Å². The Morgan fingerprint density at radius 1 is 1.25 bits per heavy atom. The summed E-state index contributed by atoms with van der Waals surface area (Å²) in [4.78, 5) is 28.8. The van der Waals surface area contributed by atoms with Crippen LogP contribution >= 0.6 is 0 Å². The van der Waals surface area contributed by atoms with Gasteiger partial charge in [-0.2, -0.15) is 5.10 Å². The van der Waals surface area contributed by atoms with Gasteiger partial charge in [-0.15, -0.1) is 0 Å². The quantitative estimate of drug-likeness (QED) is 0.940. The second-order valence-electron chi connectivity index (χ2n) is 6.73. The summed E-state index contributed by atoms with van der Waals surface area (Å²) in [6, 6.07) is 7.83. The number of rotatable bonds is 3. The molecular formula is C18H24N4O2. The number of aromatic amines is 1. The van der Waals surface area contributed by atoms with Gasteiger partial charge in [0.15, 0.2) is 5.69 Å². The van der Waals surface area contributed by atoms with Crippen molar-refractivity contribution in [3.05, 3.63) is 30.0 Å². The molecule has 0 bridgehead atoms. The highest BCUT2D eigenvalue weighted by Crippen LogP contribution is 2.23. The minimum Gasteiger partial charge on any atom is -0.343 e. The Labute approximate surface area is 141 Å². The van der Waals surface area contributed by atoms with E-state index in [0.29, 0.717) is 31.6 Å². The van der Waals surface area contributed by atoms with Crippen LogP contribution in [0.3, 0.4) is 0 Å². The van der Waals surface area contributed by atoms with Crippen LogP contribution in [0.25, 0.3) is 10.9 Å². The summed E-state index contributed by atoms with van der Waals surface area (Å²) in [6.45, 7) is 5.23. The number of aromatic nitrogens is 2. The predicted molar refractivity (Wildman–Crippen MR) is 92.6 cm³/mol. The highest BCUT2D eigenvalue weighted by Gasteiger charge is 2.31. The van der Waals surface area contributed by atoms with Gasteiger partial charge < -0.3 is 9.80 Å². The van der Waals surface area contributed by atoms with E-state index in [1.807, 2.05) is 50.1 Å². The molecule has 1 aliphatic heterocycles. The van der Waals surface area contributed by atoms with Gasteiger partial charge in [-0.25, -0.2) is 0 Å². The number of carbonyl (C=O) groups is 2. The molecule has 0 saturated carbocycles. The van der Waals surface area contributed by atoms with E-state index in [1.54, 1.807) is 4.90 Å². The van der Waals surface area contributed by atoms with Crippen molar-refractivity contribution in [2.45, 2.75) is 32.7 Å². The van der Waals surface area contributed by atoms with Gasteiger partial charge >= 0.3 is 0 Å². The first kappa shape index (κ1) is 16.5. The summed E-state index contributed by atoms with van der Waals surface area (Å²) in [7, 11) is 1.85. The highest BCUT2D eigenvalue weighted by atomic mass is 16.2. The number of H-pyrrole nitrogens is 1. The van der Waals surface area contributed by atoms with Crippen molar-refractivity contribution in [2.24, 2.45) is 5.92 Å². The summed E-state index contributed by atoms with van der Waals surface area (Å²) in [5.41, 5.74) is 1.33. The lowest BCUT2D eigenvalue weighted by Crippen LogP contribution is -2.45. The fourth-order valence-corrected chi connectivity index (χ4v) is 3.15. The maximum absolute atomic E-state index is 12.7. The lowest BCUT2D eigenvalue weighted by molar-refractivity contribution is -0.137. The van der Waals surface area contributed by atoms with E-state index in [9.17, 15) is 9.59 Å². The van der Waals surface area contributed by atoms with E-state index >= 15 is 0 Å². The smallest absolute Gasteiger partial charge is 0.274 e. The van der Waals surface area contributed by atoms with E-state index < -0.39 is 0 Å². The Morgan fingerprint density at radius 2 is 1.92 bits per heavy atom. The zero-order valence-electron chi connectivity index (χ0n) is 14.5. The minimum atomic E-state index is -0.0597. The van der Waals surface area contributed by atoms with Crippen molar-refractivity contribution in [1.82, 2.24) is 20.0 Å². The molecule has 1 fully saturated rings. The van der Waals surface area contributed by atoms with Crippen molar-refractivity contribution >= 4 is 22.7 Å². The molecule has 2 amide bonds. The Kier molecular flexibility index (Phi) is 4.55. The molecule has 1 N–H and O–H groups in total. The molecule has 1 aromatic carbocycles. The molecule has 1 saturated heterocycles. The molecule has 2 heterocycles. The molecule has 6 nitrogen and oxygen atoms in total.